The zero-order valence-corrected chi connectivity index (χ0v) is 13.3. The number of anilines is 1. The molecule has 0 radical (unpaired) electrons. The highest BCUT2D eigenvalue weighted by molar-refractivity contribution is 7.71. The van der Waals surface area contributed by atoms with Crippen molar-refractivity contribution in [1.82, 2.24) is 5.16 Å². The standard InChI is InChI=1S/C10H20N2O7P2/c1-2-3-4-5-6-8-7-9(12-19-8)11-10(20(13,14)15)21(16,17)18/h7,10H,2-6H2,1H3,(H,11,12)(H2,13,14,15)(H2,16,17,18). The zero-order valence-electron chi connectivity index (χ0n) is 11.5. The Morgan fingerprint density at radius 2 is 1.81 bits per heavy atom. The van der Waals surface area contributed by atoms with Crippen LogP contribution in [-0.4, -0.2) is 30.3 Å². The summed E-state index contributed by atoms with van der Waals surface area (Å²) in [5, 5.41) is 5.56. The minimum Gasteiger partial charge on any atom is -0.359 e. The number of hydrogen-bond acceptors (Lipinski definition) is 5. The van der Waals surface area contributed by atoms with Gasteiger partial charge in [0, 0.05) is 12.5 Å². The molecule has 0 bridgehead atoms. The highest BCUT2D eigenvalue weighted by Crippen LogP contribution is 2.59. The van der Waals surface area contributed by atoms with E-state index >= 15 is 0 Å². The summed E-state index contributed by atoms with van der Waals surface area (Å²) >= 11 is 0. The summed E-state index contributed by atoms with van der Waals surface area (Å²) < 4.78 is 27.2. The van der Waals surface area contributed by atoms with Gasteiger partial charge >= 0.3 is 15.2 Å². The van der Waals surface area contributed by atoms with Crippen LogP contribution in [0.4, 0.5) is 5.82 Å². The summed E-state index contributed by atoms with van der Waals surface area (Å²) in [6.07, 6.45) is 4.69. The van der Waals surface area contributed by atoms with Crippen molar-refractivity contribution in [3.63, 3.8) is 0 Å². The molecule has 1 rings (SSSR count). The van der Waals surface area contributed by atoms with Crippen LogP contribution < -0.4 is 5.32 Å². The van der Waals surface area contributed by atoms with Crippen LogP contribution >= 0.6 is 15.2 Å². The van der Waals surface area contributed by atoms with Crippen molar-refractivity contribution in [3.05, 3.63) is 11.8 Å². The zero-order chi connectivity index (χ0) is 16.1. The quantitative estimate of drug-likeness (QED) is 0.334. The van der Waals surface area contributed by atoms with Crippen LogP contribution in [0.5, 0.6) is 0 Å². The Labute approximate surface area is 122 Å². The van der Waals surface area contributed by atoms with Crippen LogP contribution in [0.2, 0.25) is 0 Å². The summed E-state index contributed by atoms with van der Waals surface area (Å²) in [6.45, 7) is 2.08. The number of hydrogen-bond donors (Lipinski definition) is 5. The van der Waals surface area contributed by atoms with E-state index in [4.69, 9.17) is 24.1 Å². The van der Waals surface area contributed by atoms with E-state index < -0.39 is 20.7 Å². The molecule has 1 aromatic heterocycles. The maximum atomic E-state index is 11.1. The molecule has 0 amide bonds. The van der Waals surface area contributed by atoms with E-state index in [-0.39, 0.29) is 5.82 Å². The van der Waals surface area contributed by atoms with Gasteiger partial charge in [-0.15, -0.1) is 0 Å². The highest BCUT2D eigenvalue weighted by atomic mass is 31.2. The molecule has 0 aliphatic heterocycles. The van der Waals surface area contributed by atoms with Crippen molar-refractivity contribution < 1.29 is 33.2 Å². The molecule has 0 saturated heterocycles. The fraction of sp³-hybridized carbons (Fsp3) is 0.700. The van der Waals surface area contributed by atoms with Crippen LogP contribution in [0, 0.1) is 0 Å². The first-order valence-electron chi connectivity index (χ1n) is 6.47. The molecule has 0 spiro atoms. The van der Waals surface area contributed by atoms with Gasteiger partial charge in [-0.1, -0.05) is 31.3 Å². The van der Waals surface area contributed by atoms with Crippen LogP contribution in [0.15, 0.2) is 10.6 Å². The number of nitrogens with one attached hydrogen (secondary N) is 1. The van der Waals surface area contributed by atoms with Gasteiger partial charge in [0.2, 0.25) is 5.52 Å². The second kappa shape index (κ2) is 7.54. The molecule has 0 saturated carbocycles. The fourth-order valence-electron chi connectivity index (χ4n) is 1.72. The Morgan fingerprint density at radius 1 is 1.19 bits per heavy atom. The molecule has 1 aromatic rings. The lowest BCUT2D eigenvalue weighted by Crippen LogP contribution is -2.20. The normalized spacial score (nSPS) is 12.9. The molecule has 0 aliphatic rings. The predicted octanol–water partition coefficient (Wildman–Crippen LogP) is 1.85. The number of aromatic nitrogens is 1. The maximum Gasteiger partial charge on any atom is 0.360 e. The largest absolute Gasteiger partial charge is 0.360 e. The first kappa shape index (κ1) is 18.4. The third kappa shape index (κ3) is 6.30. The van der Waals surface area contributed by atoms with E-state index in [1.807, 2.05) is 5.32 Å². The number of rotatable bonds is 9. The van der Waals surface area contributed by atoms with Crippen LogP contribution in [0.3, 0.4) is 0 Å². The Hall–Kier alpha value is -0.690. The van der Waals surface area contributed by atoms with Gasteiger partial charge in [0.1, 0.15) is 5.76 Å². The molecule has 0 aliphatic carbocycles. The molecule has 1 heterocycles. The third-order valence-corrected chi connectivity index (χ3v) is 6.09. The minimum atomic E-state index is -5.04. The first-order chi connectivity index (χ1) is 9.64. The Kier molecular flexibility index (Phi) is 6.59. The maximum absolute atomic E-state index is 11.1. The van der Waals surface area contributed by atoms with Gasteiger partial charge in [0.05, 0.1) is 0 Å². The molecule has 0 atom stereocenters. The lowest BCUT2D eigenvalue weighted by atomic mass is 10.1. The average molecular weight is 342 g/mol. The smallest absolute Gasteiger partial charge is 0.359 e. The van der Waals surface area contributed by atoms with Gasteiger partial charge in [0.25, 0.3) is 0 Å². The van der Waals surface area contributed by atoms with E-state index in [2.05, 4.69) is 12.1 Å². The summed E-state index contributed by atoms with van der Waals surface area (Å²) in [5.41, 5.74) is -2.33. The van der Waals surface area contributed by atoms with Gasteiger partial charge in [-0.2, -0.15) is 0 Å². The molecular formula is C10H20N2O7P2. The first-order valence-corrected chi connectivity index (χ1v) is 9.83. The Balaban J connectivity index is 2.68. The topological polar surface area (TPSA) is 153 Å². The van der Waals surface area contributed by atoms with Crippen molar-refractivity contribution in [2.24, 2.45) is 0 Å². The number of aryl methyl sites for hydroxylation is 1. The SMILES string of the molecule is CCCCCCc1cc(NC(P(=O)(O)O)P(=O)(O)O)no1. The lowest BCUT2D eigenvalue weighted by molar-refractivity contribution is 0.342. The van der Waals surface area contributed by atoms with Crippen molar-refractivity contribution in [1.29, 1.82) is 0 Å². The molecule has 5 N–H and O–H groups in total. The molecule has 0 fully saturated rings. The third-order valence-electron chi connectivity index (χ3n) is 2.75. The van der Waals surface area contributed by atoms with Gasteiger partial charge in [-0.05, 0) is 6.42 Å². The monoisotopic (exact) mass is 342 g/mol. The van der Waals surface area contributed by atoms with Gasteiger partial charge in [-0.3, -0.25) is 9.13 Å². The van der Waals surface area contributed by atoms with Crippen molar-refractivity contribution in [3.8, 4) is 0 Å². The number of nitrogens with zero attached hydrogens (tertiary/aromatic N) is 1. The van der Waals surface area contributed by atoms with Gasteiger partial charge in [-0.25, -0.2) is 0 Å². The van der Waals surface area contributed by atoms with E-state index in [1.165, 1.54) is 6.07 Å². The second-order valence-electron chi connectivity index (χ2n) is 4.69. The molecule has 21 heavy (non-hydrogen) atoms. The van der Waals surface area contributed by atoms with Crippen LogP contribution in [0.1, 0.15) is 38.4 Å². The predicted molar refractivity (Wildman–Crippen MR) is 75.8 cm³/mol. The Bertz CT molecular complexity index is 513. The summed E-state index contributed by atoms with van der Waals surface area (Å²) in [6, 6.07) is 1.38. The summed E-state index contributed by atoms with van der Waals surface area (Å²) in [4.78, 5) is 35.9. The van der Waals surface area contributed by atoms with Crippen LogP contribution in [0.25, 0.3) is 0 Å². The fourth-order valence-corrected chi connectivity index (χ4v) is 3.89. The highest BCUT2D eigenvalue weighted by Gasteiger charge is 2.44. The molecule has 122 valence electrons. The van der Waals surface area contributed by atoms with E-state index in [1.54, 1.807) is 0 Å². The summed E-state index contributed by atoms with van der Waals surface area (Å²) in [5.74, 6) is 0.376. The van der Waals surface area contributed by atoms with E-state index in [9.17, 15) is 9.13 Å². The molecule has 0 unspecified atom stereocenters. The Morgan fingerprint density at radius 3 is 2.33 bits per heavy atom. The second-order valence-corrected chi connectivity index (χ2v) is 8.48. The van der Waals surface area contributed by atoms with Crippen molar-refractivity contribution in [2.75, 3.05) is 5.32 Å². The molecule has 0 aromatic carbocycles. The molecule has 11 heteroatoms. The average Bonchev–Trinajstić information content (AvgIpc) is 2.77. The van der Waals surface area contributed by atoms with Crippen LogP contribution in [-0.2, 0) is 15.6 Å². The molecular weight excluding hydrogens is 322 g/mol. The van der Waals surface area contributed by atoms with E-state index in [0.717, 1.165) is 25.7 Å². The molecule has 9 nitrogen and oxygen atoms in total. The van der Waals surface area contributed by atoms with Gasteiger partial charge in [0.15, 0.2) is 5.82 Å². The van der Waals surface area contributed by atoms with Gasteiger partial charge < -0.3 is 29.4 Å². The minimum absolute atomic E-state index is 0.114. The lowest BCUT2D eigenvalue weighted by Gasteiger charge is -2.19. The van der Waals surface area contributed by atoms with Crippen molar-refractivity contribution >= 4 is 21.0 Å². The summed E-state index contributed by atoms with van der Waals surface area (Å²) in [7, 11) is -10.1. The van der Waals surface area contributed by atoms with E-state index in [0.29, 0.717) is 12.2 Å². The van der Waals surface area contributed by atoms with Crippen molar-refractivity contribution in [2.45, 2.75) is 44.6 Å². The number of unbranched alkanes of at least 4 members (excludes halogenated alkanes) is 3.